The molecule has 0 aliphatic rings. The summed E-state index contributed by atoms with van der Waals surface area (Å²) in [5.74, 6) is -4.27. The minimum absolute atomic E-state index is 0.0285. The summed E-state index contributed by atoms with van der Waals surface area (Å²) in [6.07, 6.45) is 0. The summed E-state index contributed by atoms with van der Waals surface area (Å²) in [4.78, 5) is 22.2. The number of benzene rings is 6. The summed E-state index contributed by atoms with van der Waals surface area (Å²) in [6, 6.07) is 12.8. The number of fused-ring (bicyclic) bond motifs is 2. The Hall–Kier alpha value is -7.79. The molecule has 0 aliphatic heterocycles. The number of sulfone groups is 1. The van der Waals surface area contributed by atoms with E-state index in [1.54, 1.807) is 0 Å². The molecule has 6 aromatic carbocycles. The molecule has 0 saturated carbocycles. The fraction of sp³-hybridized carbons (Fsp3) is 0.156. The van der Waals surface area contributed by atoms with Gasteiger partial charge in [0.2, 0.25) is 34.4 Å². The average Bonchev–Trinajstić information content (AvgIpc) is 0.749. The van der Waals surface area contributed by atoms with Crippen molar-refractivity contribution in [2.45, 2.75) is 29.4 Å². The van der Waals surface area contributed by atoms with Crippen LogP contribution in [0.3, 0.4) is 0 Å². The summed E-state index contributed by atoms with van der Waals surface area (Å²) < 4.78 is 184. The zero-order valence-electron chi connectivity index (χ0n) is 45.8. The number of nitrogens with zero attached hydrogens (tertiary/aromatic N) is 11. The van der Waals surface area contributed by atoms with Crippen molar-refractivity contribution in [2.24, 2.45) is 20.5 Å². The second-order valence-electron chi connectivity index (χ2n) is 17.8. The van der Waals surface area contributed by atoms with E-state index in [9.17, 15) is 75.6 Å². The minimum atomic E-state index is -5.46. The molecule has 0 fully saturated rings. The third-order valence-electron chi connectivity index (χ3n) is 12.0. The Labute approximate surface area is 540 Å². The second-order valence-corrected chi connectivity index (χ2v) is 27.5. The third kappa shape index (κ3) is 17.7. The predicted molar refractivity (Wildman–Crippen MR) is 323 cm³/mol. The lowest BCUT2D eigenvalue weighted by atomic mass is 10.1. The Kier molecular flexibility index (Phi) is 22.7. The van der Waals surface area contributed by atoms with Gasteiger partial charge in [0.1, 0.15) is 32.6 Å². The molecule has 0 spiro atoms. The third-order valence-corrected chi connectivity index (χ3v) is 18.5. The van der Waals surface area contributed by atoms with Crippen LogP contribution in [0, 0.1) is 0 Å². The van der Waals surface area contributed by atoms with Gasteiger partial charge < -0.3 is 40.9 Å². The fourth-order valence-electron chi connectivity index (χ4n) is 8.13. The van der Waals surface area contributed by atoms with Crippen molar-refractivity contribution in [3.63, 3.8) is 0 Å². The van der Waals surface area contributed by atoms with E-state index in [1.165, 1.54) is 35.2 Å². The fourth-order valence-corrected chi connectivity index (χ4v) is 12.7. The van der Waals surface area contributed by atoms with E-state index in [1.807, 2.05) is 0 Å². The number of aromatic hydroxyl groups is 2. The number of aliphatic hydroxyl groups excluding tert-OH is 1. The standard InChI is InChI=1S/C45H40Cl2N14O25S7/c1-81-30-19-24(90(69,70)71)6-7-27(30)58-60-37-33(93(78,79)80)20-26-32(92(75,76)77)9-8-28(35(26)39(37)64)49-44-53-41(47)54-45(56-44)61(12-13-62)11-10-48-42-51-40(46)52-43(55-42)50-29-18-25(91(72,73)74)16-21-17-31(87-85-83-65)36(38(63)34(21)29)59-57-22-2-4-23(5-3-22)89(67,68)15-14-82-88-86-84-66/h2-9,16-20,62-66H,10-15H2,1H3,(H,69,70,71)(H,72,73,74)(H,75,76,77)(H,78,79,80)(H,49,53,54,56)(H2,48,50,51,52,55). The van der Waals surface area contributed by atoms with Gasteiger partial charge >= 0.3 is 0 Å². The quantitative estimate of drug-likeness (QED) is 0.00517. The molecule has 39 nitrogen and oxygen atoms in total. The number of aromatic nitrogens is 6. The molecule has 2 aromatic heterocycles. The number of aliphatic hydroxyl groups is 1. The maximum absolute atomic E-state index is 12.8. The first-order valence-corrected chi connectivity index (χ1v) is 34.2. The molecular formula is C45H40Cl2N14O25S7. The lowest BCUT2D eigenvalue weighted by Crippen LogP contribution is -2.33. The summed E-state index contributed by atoms with van der Waals surface area (Å²) in [7, 11) is -23.4. The monoisotopic (exact) mass is 1470 g/mol. The number of phenolic OH excluding ortho intramolecular Hbond substituents is 2. The van der Waals surface area contributed by atoms with Crippen LogP contribution >= 0.6 is 47.6 Å². The molecule has 0 radical (unpaired) electrons. The van der Waals surface area contributed by atoms with Crippen LogP contribution in [0.15, 0.2) is 129 Å². The number of ether oxygens (including phenoxy) is 1. The Morgan fingerprint density at radius 2 is 1.23 bits per heavy atom. The molecule has 496 valence electrons. The summed E-state index contributed by atoms with van der Waals surface area (Å²) in [5.41, 5.74) is -2.44. The average molecular weight is 1470 g/mol. The van der Waals surface area contributed by atoms with E-state index in [2.05, 4.69) is 85.1 Å². The number of hydrogen-bond acceptors (Lipinski definition) is 37. The molecule has 12 N–H and O–H groups in total. The van der Waals surface area contributed by atoms with Gasteiger partial charge in [-0.2, -0.15) is 68.7 Å². The lowest BCUT2D eigenvalue weighted by molar-refractivity contribution is -0.434. The summed E-state index contributed by atoms with van der Waals surface area (Å²) in [5, 5.41) is 79.2. The zero-order chi connectivity index (χ0) is 67.8. The van der Waals surface area contributed by atoms with Gasteiger partial charge in [0, 0.05) is 36.5 Å². The van der Waals surface area contributed by atoms with Crippen molar-refractivity contribution in [3.8, 4) is 17.2 Å². The Morgan fingerprint density at radius 3 is 1.87 bits per heavy atom. The lowest BCUT2D eigenvalue weighted by Gasteiger charge is -2.22. The molecule has 93 heavy (non-hydrogen) atoms. The van der Waals surface area contributed by atoms with E-state index < -0.39 is 138 Å². The van der Waals surface area contributed by atoms with Crippen molar-refractivity contribution < 1.29 is 114 Å². The van der Waals surface area contributed by atoms with Crippen LogP contribution in [-0.2, 0) is 73.2 Å². The zero-order valence-corrected chi connectivity index (χ0v) is 53.1. The number of phenols is 2. The van der Waals surface area contributed by atoms with Gasteiger partial charge in [-0.3, -0.25) is 22.4 Å². The highest BCUT2D eigenvalue weighted by molar-refractivity contribution is 7.94. The molecule has 48 heteroatoms. The molecule has 0 aliphatic carbocycles. The first-order valence-electron chi connectivity index (χ1n) is 24.6. The second kappa shape index (κ2) is 29.7. The van der Waals surface area contributed by atoms with Crippen LogP contribution in [-0.4, -0.2) is 162 Å². The molecule has 8 aromatic rings. The number of azo groups is 2. The molecule has 0 saturated heterocycles. The van der Waals surface area contributed by atoms with Gasteiger partial charge in [-0.25, -0.2) is 18.9 Å². The molecule has 0 unspecified atom stereocenters. The number of rotatable bonds is 30. The van der Waals surface area contributed by atoms with Crippen LogP contribution in [0.25, 0.3) is 21.5 Å². The molecule has 0 amide bonds. The number of anilines is 6. The maximum atomic E-state index is 12.8. The molecule has 0 bridgehead atoms. The highest BCUT2D eigenvalue weighted by atomic mass is 35.5. The number of nitrogens with one attached hydrogen (secondary N) is 3. The van der Waals surface area contributed by atoms with Crippen molar-refractivity contribution in [1.82, 2.24) is 29.9 Å². The van der Waals surface area contributed by atoms with Crippen molar-refractivity contribution in [2.75, 3.05) is 66.6 Å². The number of halogens is 2. The van der Waals surface area contributed by atoms with Crippen LogP contribution in [0.1, 0.15) is 0 Å². The smallest absolute Gasteiger partial charge is 0.296 e. The first-order chi connectivity index (χ1) is 43.8. The van der Waals surface area contributed by atoms with Gasteiger partial charge in [-0.05, 0) is 101 Å². The van der Waals surface area contributed by atoms with Crippen molar-refractivity contribution in [3.05, 3.63) is 89.4 Å². The largest absolute Gasteiger partial charge is 0.505 e. The first kappa shape index (κ1) is 71.1. The van der Waals surface area contributed by atoms with Crippen LogP contribution < -0.4 is 25.6 Å². The molecule has 0 atom stereocenters. The molecule has 8 rings (SSSR count). The van der Waals surface area contributed by atoms with Gasteiger partial charge in [0.15, 0.2) is 33.7 Å². The Morgan fingerprint density at radius 1 is 0.602 bits per heavy atom. The van der Waals surface area contributed by atoms with E-state index in [-0.39, 0.29) is 112 Å². The van der Waals surface area contributed by atoms with Crippen molar-refractivity contribution in [1.29, 1.82) is 0 Å². The van der Waals surface area contributed by atoms with Gasteiger partial charge in [-0.1, -0.05) is 10.1 Å². The van der Waals surface area contributed by atoms with Crippen LogP contribution in [0.4, 0.5) is 57.9 Å². The maximum Gasteiger partial charge on any atom is 0.296 e. The highest BCUT2D eigenvalue weighted by Crippen LogP contribution is 2.49. The molecular weight excluding hydrogens is 1430 g/mol. The Bertz CT molecular complexity index is 4850. The summed E-state index contributed by atoms with van der Waals surface area (Å²) in [6.45, 7) is -1.49. The number of methoxy groups -OCH3 is 1. The number of hydrogen-bond donors (Lipinski definition) is 12. The van der Waals surface area contributed by atoms with Gasteiger partial charge in [0.05, 0.1) is 80.1 Å². The topological polar surface area (TPSA) is 574 Å². The van der Waals surface area contributed by atoms with Gasteiger partial charge in [-0.15, -0.1) is 24.0 Å². The van der Waals surface area contributed by atoms with Gasteiger partial charge in [0.25, 0.3) is 40.5 Å². The van der Waals surface area contributed by atoms with E-state index >= 15 is 0 Å². The van der Waals surface area contributed by atoms with E-state index in [4.69, 9.17) is 42.6 Å². The minimum Gasteiger partial charge on any atom is -0.505 e. The SMILES string of the molecule is COc1cc(S(=O)(=O)O)ccc1N=Nc1c(S(=O)(=O)O)cc2c(S(=O)(=O)O)ccc(Nc3nc(Cl)nc(N(CCO)CCNc4nc(Cl)nc(Nc5cc(S(=O)(=O)O)cc6cc(SOOO)c(N=Nc7ccc(S(=O)(=O)CCOSOOO)cc7)c(O)c56)n4)n3)c2c1O. The summed E-state index contributed by atoms with van der Waals surface area (Å²) >= 11 is 13.1. The predicted octanol–water partition coefficient (Wildman–Crippen LogP) is 7.51. The van der Waals surface area contributed by atoms with E-state index in [0.29, 0.717) is 6.07 Å². The van der Waals surface area contributed by atoms with Crippen molar-refractivity contribution >= 4 is 177 Å². The normalized spacial score (nSPS) is 12.5. The van der Waals surface area contributed by atoms with Crippen LogP contribution in [0.5, 0.6) is 17.2 Å². The highest BCUT2D eigenvalue weighted by Gasteiger charge is 2.29. The van der Waals surface area contributed by atoms with Crippen LogP contribution in [0.2, 0.25) is 10.6 Å². The Balaban J connectivity index is 1.08. The van der Waals surface area contributed by atoms with E-state index in [0.717, 1.165) is 49.6 Å². The molecule has 2 heterocycles.